The van der Waals surface area contributed by atoms with E-state index in [4.69, 9.17) is 4.98 Å². The number of carbonyl (C=O) groups excluding carboxylic acids is 2. The second-order valence-corrected chi connectivity index (χ2v) is 8.87. The number of likely N-dealkylation sites (N-methyl/N-ethyl adjacent to an activating group) is 2. The molecule has 0 saturated carbocycles. The van der Waals surface area contributed by atoms with Gasteiger partial charge in [-0.25, -0.2) is 9.97 Å². The van der Waals surface area contributed by atoms with Crippen molar-refractivity contribution in [3.63, 3.8) is 0 Å². The van der Waals surface area contributed by atoms with Gasteiger partial charge in [0.25, 0.3) is 5.91 Å². The molecule has 2 aromatic carbocycles. The SMILES string of the molecule is CCN(CCc1ccccn1)C(=O)c1ccc(Nc2ncc3c(n2)-c2ccccc2N(C)C(=O)C3)cc1. The molecule has 0 saturated heterocycles. The molecule has 0 radical (unpaired) electrons. The van der Waals surface area contributed by atoms with Crippen LogP contribution in [0.3, 0.4) is 0 Å². The Hall–Kier alpha value is -4.59. The molecule has 0 aliphatic carbocycles. The Morgan fingerprint density at radius 2 is 1.81 bits per heavy atom. The Morgan fingerprint density at radius 3 is 2.57 bits per heavy atom. The van der Waals surface area contributed by atoms with Crippen molar-refractivity contribution in [2.24, 2.45) is 0 Å². The van der Waals surface area contributed by atoms with Gasteiger partial charge in [0, 0.05) is 67.0 Å². The number of hydrogen-bond acceptors (Lipinski definition) is 6. The van der Waals surface area contributed by atoms with Crippen molar-refractivity contribution < 1.29 is 9.59 Å². The lowest BCUT2D eigenvalue weighted by molar-refractivity contribution is -0.117. The van der Waals surface area contributed by atoms with Gasteiger partial charge in [0.05, 0.1) is 17.8 Å². The zero-order chi connectivity index (χ0) is 25.8. The van der Waals surface area contributed by atoms with Gasteiger partial charge in [0.2, 0.25) is 11.9 Å². The monoisotopic (exact) mass is 492 g/mol. The molecule has 0 bridgehead atoms. The Morgan fingerprint density at radius 1 is 1.03 bits per heavy atom. The normalized spacial score (nSPS) is 12.4. The quantitative estimate of drug-likeness (QED) is 0.408. The molecule has 186 valence electrons. The molecule has 1 aliphatic heterocycles. The Bertz CT molecular complexity index is 1420. The highest BCUT2D eigenvalue weighted by Gasteiger charge is 2.24. The van der Waals surface area contributed by atoms with E-state index in [2.05, 4.69) is 15.3 Å². The Labute approximate surface area is 216 Å². The summed E-state index contributed by atoms with van der Waals surface area (Å²) in [6, 6.07) is 20.9. The summed E-state index contributed by atoms with van der Waals surface area (Å²) < 4.78 is 0. The number of carbonyl (C=O) groups is 2. The molecular weight excluding hydrogens is 464 g/mol. The molecule has 8 heteroatoms. The number of nitrogens with zero attached hydrogens (tertiary/aromatic N) is 5. The minimum absolute atomic E-state index is 0.00285. The maximum Gasteiger partial charge on any atom is 0.253 e. The van der Waals surface area contributed by atoms with Crippen LogP contribution >= 0.6 is 0 Å². The number of hydrogen-bond donors (Lipinski definition) is 1. The second-order valence-electron chi connectivity index (χ2n) is 8.87. The van der Waals surface area contributed by atoms with E-state index in [0.29, 0.717) is 31.0 Å². The fourth-order valence-electron chi connectivity index (χ4n) is 4.42. The first-order chi connectivity index (χ1) is 18.0. The van der Waals surface area contributed by atoms with Crippen molar-refractivity contribution in [1.82, 2.24) is 19.9 Å². The predicted octanol–water partition coefficient (Wildman–Crippen LogP) is 4.51. The third-order valence-electron chi connectivity index (χ3n) is 6.52. The number of benzene rings is 2. The summed E-state index contributed by atoms with van der Waals surface area (Å²) in [4.78, 5) is 42.7. The van der Waals surface area contributed by atoms with Crippen LogP contribution in [0.2, 0.25) is 0 Å². The summed E-state index contributed by atoms with van der Waals surface area (Å²) in [5.74, 6) is 0.406. The lowest BCUT2D eigenvalue weighted by atomic mass is 10.1. The smallest absolute Gasteiger partial charge is 0.253 e. The van der Waals surface area contributed by atoms with Crippen molar-refractivity contribution in [2.45, 2.75) is 19.8 Å². The number of pyridine rings is 1. The molecule has 37 heavy (non-hydrogen) atoms. The van der Waals surface area contributed by atoms with E-state index < -0.39 is 0 Å². The van der Waals surface area contributed by atoms with Crippen LogP contribution in [0.1, 0.15) is 28.5 Å². The topological polar surface area (TPSA) is 91.3 Å². The molecule has 8 nitrogen and oxygen atoms in total. The van der Waals surface area contributed by atoms with Gasteiger partial charge in [-0.3, -0.25) is 14.6 Å². The van der Waals surface area contributed by atoms with Gasteiger partial charge in [0.1, 0.15) is 0 Å². The number of nitrogens with one attached hydrogen (secondary N) is 1. The molecule has 0 atom stereocenters. The van der Waals surface area contributed by atoms with Crippen LogP contribution in [-0.4, -0.2) is 51.8 Å². The number of amides is 2. The molecule has 0 fully saturated rings. The van der Waals surface area contributed by atoms with E-state index >= 15 is 0 Å². The van der Waals surface area contributed by atoms with E-state index in [-0.39, 0.29) is 18.2 Å². The molecule has 2 aromatic heterocycles. The predicted molar refractivity (Wildman–Crippen MR) is 144 cm³/mol. The molecule has 5 rings (SSSR count). The number of rotatable bonds is 7. The van der Waals surface area contributed by atoms with Gasteiger partial charge in [-0.2, -0.15) is 0 Å². The van der Waals surface area contributed by atoms with Gasteiger partial charge in [-0.15, -0.1) is 0 Å². The molecule has 0 spiro atoms. The van der Waals surface area contributed by atoms with Gasteiger partial charge < -0.3 is 15.1 Å². The van der Waals surface area contributed by atoms with Gasteiger partial charge >= 0.3 is 0 Å². The standard InChI is InChI=1S/C29H28N6O2/c1-3-35(17-15-22-8-6-7-16-30-22)28(37)20-11-13-23(14-12-20)32-29-31-19-21-18-26(36)34(2)25-10-5-4-9-24(25)27(21)33-29/h4-14,16,19H,3,15,17-18H2,1-2H3,(H,31,32,33). The van der Waals surface area contributed by atoms with Gasteiger partial charge in [0.15, 0.2) is 0 Å². The Balaban J connectivity index is 1.31. The first kappa shape index (κ1) is 24.1. The highest BCUT2D eigenvalue weighted by molar-refractivity contribution is 6.01. The second kappa shape index (κ2) is 10.6. The van der Waals surface area contributed by atoms with Gasteiger partial charge in [-0.1, -0.05) is 24.3 Å². The van der Waals surface area contributed by atoms with E-state index in [1.165, 1.54) is 0 Å². The number of aromatic nitrogens is 3. The zero-order valence-corrected chi connectivity index (χ0v) is 20.9. The zero-order valence-electron chi connectivity index (χ0n) is 20.9. The minimum Gasteiger partial charge on any atom is -0.339 e. The van der Waals surface area contributed by atoms with Crippen LogP contribution < -0.4 is 10.2 Å². The van der Waals surface area contributed by atoms with Crippen molar-refractivity contribution in [2.75, 3.05) is 30.4 Å². The van der Waals surface area contributed by atoms with E-state index in [9.17, 15) is 9.59 Å². The summed E-state index contributed by atoms with van der Waals surface area (Å²) in [6.07, 6.45) is 4.42. The number of anilines is 3. The summed E-state index contributed by atoms with van der Waals surface area (Å²) in [5.41, 5.74) is 5.59. The average molecular weight is 493 g/mol. The number of para-hydroxylation sites is 1. The molecule has 1 aliphatic rings. The highest BCUT2D eigenvalue weighted by Crippen LogP contribution is 2.35. The summed E-state index contributed by atoms with van der Waals surface area (Å²) in [6.45, 7) is 3.20. The van der Waals surface area contributed by atoms with E-state index in [1.807, 2.05) is 66.4 Å². The lowest BCUT2D eigenvalue weighted by Gasteiger charge is -2.21. The maximum atomic E-state index is 13.1. The first-order valence-electron chi connectivity index (χ1n) is 12.3. The molecular formula is C29H28N6O2. The van der Waals surface area contributed by atoms with Crippen molar-refractivity contribution >= 4 is 29.1 Å². The molecule has 2 amide bonds. The van der Waals surface area contributed by atoms with Gasteiger partial charge in [-0.05, 0) is 49.4 Å². The Kier molecular flexibility index (Phi) is 6.89. The van der Waals surface area contributed by atoms with E-state index in [1.54, 1.807) is 36.5 Å². The first-order valence-corrected chi connectivity index (χ1v) is 12.3. The minimum atomic E-state index is -0.0170. The largest absolute Gasteiger partial charge is 0.339 e. The summed E-state index contributed by atoms with van der Waals surface area (Å²) >= 11 is 0. The van der Waals surface area contributed by atoms with Crippen LogP contribution in [-0.2, 0) is 17.6 Å². The third-order valence-corrected chi connectivity index (χ3v) is 6.52. The van der Waals surface area contributed by atoms with Crippen molar-refractivity contribution in [3.8, 4) is 11.3 Å². The maximum absolute atomic E-state index is 13.1. The van der Waals surface area contributed by atoms with Crippen LogP contribution in [0, 0.1) is 0 Å². The molecule has 0 unspecified atom stereocenters. The van der Waals surface area contributed by atoms with Crippen LogP contribution in [0.5, 0.6) is 0 Å². The highest BCUT2D eigenvalue weighted by atomic mass is 16.2. The average Bonchev–Trinajstić information content (AvgIpc) is 3.04. The van der Waals surface area contributed by atoms with E-state index in [0.717, 1.165) is 33.9 Å². The molecule has 3 heterocycles. The fourth-order valence-corrected chi connectivity index (χ4v) is 4.42. The van der Waals surface area contributed by atoms with Crippen LogP contribution in [0.4, 0.5) is 17.3 Å². The van der Waals surface area contributed by atoms with Crippen molar-refractivity contribution in [1.29, 1.82) is 0 Å². The fraction of sp³-hybridized carbons (Fsp3) is 0.207. The number of fused-ring (bicyclic) bond motifs is 3. The third kappa shape index (κ3) is 5.18. The summed E-state index contributed by atoms with van der Waals surface area (Å²) in [5, 5.41) is 3.23. The van der Waals surface area contributed by atoms with Crippen molar-refractivity contribution in [3.05, 3.63) is 95.9 Å². The van der Waals surface area contributed by atoms with Crippen LogP contribution in [0.15, 0.2) is 79.1 Å². The van der Waals surface area contributed by atoms with Crippen LogP contribution in [0.25, 0.3) is 11.3 Å². The molecule has 4 aromatic rings. The summed E-state index contributed by atoms with van der Waals surface area (Å²) in [7, 11) is 1.78. The molecule has 1 N–H and O–H groups in total. The lowest BCUT2D eigenvalue weighted by Crippen LogP contribution is -2.32.